The quantitative estimate of drug-likeness (QED) is 0.474. The number of carboxylic acids is 1. The molecule has 66 valence electrons. The van der Waals surface area contributed by atoms with Crippen LogP contribution in [0.15, 0.2) is 0 Å². The largest absolute Gasteiger partial charge is 0.481 e. The van der Waals surface area contributed by atoms with Crippen molar-refractivity contribution in [3.05, 3.63) is 0 Å². The first-order valence-electron chi connectivity index (χ1n) is 3.80. The van der Waals surface area contributed by atoms with Gasteiger partial charge >= 0.3 is 5.97 Å². The highest BCUT2D eigenvalue weighted by atomic mass is 127. The molecule has 0 rings (SSSR count). The van der Waals surface area contributed by atoms with Gasteiger partial charge in [0, 0.05) is 0 Å². The van der Waals surface area contributed by atoms with E-state index in [1.807, 2.05) is 0 Å². The van der Waals surface area contributed by atoms with Gasteiger partial charge in [0.15, 0.2) is 0 Å². The number of hydrogen-bond acceptors (Lipinski definition) is 1. The molecule has 0 aromatic heterocycles. The van der Waals surface area contributed by atoms with Crippen LogP contribution in [0, 0.1) is 5.41 Å². The first kappa shape index (κ1) is 11.2. The van der Waals surface area contributed by atoms with Crippen LogP contribution in [0.25, 0.3) is 0 Å². The molecule has 0 aliphatic carbocycles. The molecule has 0 amide bonds. The summed E-state index contributed by atoms with van der Waals surface area (Å²) in [5, 5.41) is 8.74. The lowest BCUT2D eigenvalue weighted by molar-refractivity contribution is -0.147. The van der Waals surface area contributed by atoms with E-state index in [-0.39, 0.29) is 0 Å². The molecule has 0 aromatic rings. The molecule has 3 heteroatoms. The summed E-state index contributed by atoms with van der Waals surface area (Å²) in [7, 11) is 0. The van der Waals surface area contributed by atoms with Gasteiger partial charge in [-0.3, -0.25) is 4.79 Å². The molecule has 0 saturated heterocycles. The summed E-state index contributed by atoms with van der Waals surface area (Å²) in [4.78, 5) is 10.6. The number of carbonyl (C=O) groups is 1. The number of carboxylic acid groups (broad SMARTS) is 1. The van der Waals surface area contributed by atoms with Gasteiger partial charge in [-0.1, -0.05) is 29.0 Å². The lowest BCUT2D eigenvalue weighted by atomic mass is 9.88. The van der Waals surface area contributed by atoms with E-state index in [0.29, 0.717) is 0 Å². The Labute approximate surface area is 81.5 Å². The molecule has 0 aliphatic heterocycles. The summed E-state index contributed by atoms with van der Waals surface area (Å²) < 4.78 is 1.12. The molecule has 0 heterocycles. The van der Waals surface area contributed by atoms with Crippen molar-refractivity contribution in [3.63, 3.8) is 0 Å². The second kappa shape index (κ2) is 4.95. The topological polar surface area (TPSA) is 37.3 Å². The monoisotopic (exact) mass is 270 g/mol. The van der Waals surface area contributed by atoms with Crippen molar-refractivity contribution in [2.45, 2.75) is 33.1 Å². The van der Waals surface area contributed by atoms with Crippen molar-refractivity contribution in [1.82, 2.24) is 0 Å². The molecule has 0 bridgehead atoms. The van der Waals surface area contributed by atoms with Crippen LogP contribution in [0.4, 0.5) is 0 Å². The third-order valence-corrected chi connectivity index (χ3v) is 2.53. The number of aliphatic carboxylic acids is 1. The van der Waals surface area contributed by atoms with E-state index in [1.54, 1.807) is 13.8 Å². The average Bonchev–Trinajstić information content (AvgIpc) is 1.88. The maximum Gasteiger partial charge on any atom is 0.309 e. The van der Waals surface area contributed by atoms with Crippen molar-refractivity contribution in [1.29, 1.82) is 0 Å². The van der Waals surface area contributed by atoms with Crippen LogP contribution in [0.1, 0.15) is 33.1 Å². The van der Waals surface area contributed by atoms with Gasteiger partial charge < -0.3 is 5.11 Å². The van der Waals surface area contributed by atoms with E-state index in [0.717, 1.165) is 23.7 Å². The zero-order valence-corrected chi connectivity index (χ0v) is 9.22. The van der Waals surface area contributed by atoms with Crippen molar-refractivity contribution >= 4 is 28.6 Å². The summed E-state index contributed by atoms with van der Waals surface area (Å²) in [5.74, 6) is -0.689. The second-order valence-corrected chi connectivity index (χ2v) is 4.41. The minimum absolute atomic E-state index is 0.536. The van der Waals surface area contributed by atoms with E-state index >= 15 is 0 Å². The number of unbranched alkanes of at least 4 members (excludes halogenated alkanes) is 1. The standard InChI is InChI=1S/C8H15IO2/c1-8(2,7(10)11)5-3-4-6-9/h3-6H2,1-2H3,(H,10,11). The van der Waals surface area contributed by atoms with E-state index in [9.17, 15) is 4.79 Å². The third-order valence-electron chi connectivity index (χ3n) is 1.76. The van der Waals surface area contributed by atoms with E-state index < -0.39 is 11.4 Å². The Balaban J connectivity index is 3.64. The fourth-order valence-corrected chi connectivity index (χ4v) is 1.31. The Morgan fingerprint density at radius 1 is 1.45 bits per heavy atom. The van der Waals surface area contributed by atoms with Crippen molar-refractivity contribution in [2.75, 3.05) is 4.43 Å². The molecule has 0 radical (unpaired) electrons. The van der Waals surface area contributed by atoms with Gasteiger partial charge in [0.05, 0.1) is 5.41 Å². The van der Waals surface area contributed by atoms with Crippen LogP contribution in [0.3, 0.4) is 0 Å². The Kier molecular flexibility index (Phi) is 5.04. The van der Waals surface area contributed by atoms with Crippen molar-refractivity contribution in [2.24, 2.45) is 5.41 Å². The predicted octanol–water partition coefficient (Wildman–Crippen LogP) is 2.70. The highest BCUT2D eigenvalue weighted by Crippen LogP contribution is 2.23. The summed E-state index contributed by atoms with van der Waals surface area (Å²) in [6.07, 6.45) is 2.92. The van der Waals surface area contributed by atoms with Crippen LogP contribution in [0.5, 0.6) is 0 Å². The Morgan fingerprint density at radius 3 is 2.36 bits per heavy atom. The zero-order valence-electron chi connectivity index (χ0n) is 7.06. The molecule has 2 nitrogen and oxygen atoms in total. The van der Waals surface area contributed by atoms with E-state index in [1.165, 1.54) is 0 Å². The Morgan fingerprint density at radius 2 is 2.00 bits per heavy atom. The molecule has 0 aromatic carbocycles. The molecule has 0 saturated carbocycles. The normalized spacial score (nSPS) is 11.5. The molecule has 11 heavy (non-hydrogen) atoms. The van der Waals surface area contributed by atoms with Gasteiger partial charge in [0.2, 0.25) is 0 Å². The number of alkyl halides is 1. The third kappa shape index (κ3) is 4.61. The number of halogens is 1. The molecule has 0 fully saturated rings. The molecule has 0 atom stereocenters. The van der Waals surface area contributed by atoms with Crippen molar-refractivity contribution in [3.8, 4) is 0 Å². The highest BCUT2D eigenvalue weighted by molar-refractivity contribution is 14.1. The first-order chi connectivity index (χ1) is 5.00. The van der Waals surface area contributed by atoms with Crippen molar-refractivity contribution < 1.29 is 9.90 Å². The fourth-order valence-electron chi connectivity index (χ4n) is 0.768. The fraction of sp³-hybridized carbons (Fsp3) is 0.875. The molecular formula is C8H15IO2. The van der Waals surface area contributed by atoms with Gasteiger partial charge in [-0.15, -0.1) is 0 Å². The van der Waals surface area contributed by atoms with Gasteiger partial charge in [-0.05, 0) is 31.1 Å². The SMILES string of the molecule is CC(C)(CCCCI)C(=O)O. The molecule has 0 spiro atoms. The zero-order chi connectivity index (χ0) is 8.91. The average molecular weight is 270 g/mol. The molecule has 1 N–H and O–H groups in total. The maximum absolute atomic E-state index is 10.6. The van der Waals surface area contributed by atoms with Crippen LogP contribution < -0.4 is 0 Å². The Hall–Kier alpha value is 0.200. The van der Waals surface area contributed by atoms with Crippen LogP contribution in [-0.4, -0.2) is 15.5 Å². The van der Waals surface area contributed by atoms with Gasteiger partial charge in [-0.25, -0.2) is 0 Å². The summed E-state index contributed by atoms with van der Waals surface area (Å²) >= 11 is 2.31. The molecular weight excluding hydrogens is 255 g/mol. The first-order valence-corrected chi connectivity index (χ1v) is 5.32. The predicted molar refractivity (Wildman–Crippen MR) is 54.2 cm³/mol. The minimum atomic E-state index is -0.689. The van der Waals surface area contributed by atoms with Crippen LogP contribution in [-0.2, 0) is 4.79 Å². The lowest BCUT2D eigenvalue weighted by Gasteiger charge is -2.17. The van der Waals surface area contributed by atoms with Gasteiger partial charge in [0.25, 0.3) is 0 Å². The smallest absolute Gasteiger partial charge is 0.309 e. The highest BCUT2D eigenvalue weighted by Gasteiger charge is 2.25. The van der Waals surface area contributed by atoms with Crippen LogP contribution >= 0.6 is 22.6 Å². The summed E-state index contributed by atoms with van der Waals surface area (Å²) in [6, 6.07) is 0. The molecule has 0 unspecified atom stereocenters. The van der Waals surface area contributed by atoms with E-state index in [2.05, 4.69) is 22.6 Å². The number of hydrogen-bond donors (Lipinski definition) is 1. The maximum atomic E-state index is 10.6. The molecule has 0 aliphatic rings. The minimum Gasteiger partial charge on any atom is -0.481 e. The lowest BCUT2D eigenvalue weighted by Crippen LogP contribution is -2.23. The summed E-state index contributed by atoms with van der Waals surface area (Å²) in [6.45, 7) is 3.56. The second-order valence-electron chi connectivity index (χ2n) is 3.34. The number of rotatable bonds is 5. The van der Waals surface area contributed by atoms with E-state index in [4.69, 9.17) is 5.11 Å². The Bertz CT molecular complexity index is 132. The van der Waals surface area contributed by atoms with Crippen LogP contribution in [0.2, 0.25) is 0 Å². The van der Waals surface area contributed by atoms with Gasteiger partial charge in [-0.2, -0.15) is 0 Å². The van der Waals surface area contributed by atoms with Gasteiger partial charge in [0.1, 0.15) is 0 Å². The summed E-state index contributed by atoms with van der Waals surface area (Å²) in [5.41, 5.74) is -0.536.